The molecule has 1 saturated carbocycles. The van der Waals surface area contributed by atoms with Gasteiger partial charge in [0.2, 0.25) is 11.8 Å². The molecule has 46 heavy (non-hydrogen) atoms. The molecular weight excluding hydrogens is 630 g/mol. The monoisotopic (exact) mass is 654 g/mol. The SMILES string of the molecule is O=C1[C@H]2[C@H](CC=C3[C@H]2C[C@@]2(Cl)C(=O)N(c4ccc(F)cc4)C(=O)[C@@]2(Cl)[C@H]3c2ccc(O)c3ccccc23)C(=O)N1c1ccccc1. The van der Waals surface area contributed by atoms with Crippen LogP contribution in [0, 0.1) is 23.6 Å². The third-order valence-electron chi connectivity index (χ3n) is 10.2. The second kappa shape index (κ2) is 9.98. The molecule has 6 atom stereocenters. The number of carbonyl (C=O) groups excluding carboxylic acids is 4. The summed E-state index contributed by atoms with van der Waals surface area (Å²) in [7, 11) is 0. The normalized spacial score (nSPS) is 30.4. The number of halogens is 3. The molecule has 2 aliphatic carbocycles. The fourth-order valence-electron chi connectivity index (χ4n) is 8.13. The minimum atomic E-state index is -2.07. The van der Waals surface area contributed by atoms with Crippen molar-refractivity contribution in [3.8, 4) is 5.75 Å². The van der Waals surface area contributed by atoms with Crippen LogP contribution in [0.4, 0.5) is 15.8 Å². The van der Waals surface area contributed by atoms with Crippen molar-refractivity contribution in [3.05, 3.63) is 114 Å². The third-order valence-corrected chi connectivity index (χ3v) is 11.6. The van der Waals surface area contributed by atoms with Crippen LogP contribution >= 0.6 is 23.2 Å². The summed E-state index contributed by atoms with van der Waals surface area (Å²) in [5, 5.41) is 11.8. The van der Waals surface area contributed by atoms with Gasteiger partial charge >= 0.3 is 0 Å². The maximum Gasteiger partial charge on any atom is 0.258 e. The van der Waals surface area contributed by atoms with Gasteiger partial charge < -0.3 is 5.11 Å². The number of phenols is 1. The molecule has 4 aliphatic rings. The molecule has 4 aromatic carbocycles. The van der Waals surface area contributed by atoms with E-state index in [2.05, 4.69) is 0 Å². The van der Waals surface area contributed by atoms with Gasteiger partial charge in [0.25, 0.3) is 11.8 Å². The number of imide groups is 2. The van der Waals surface area contributed by atoms with Crippen molar-refractivity contribution in [2.45, 2.75) is 28.5 Å². The number of para-hydroxylation sites is 1. The number of alkyl halides is 2. The highest BCUT2D eigenvalue weighted by Crippen LogP contribution is 2.66. The lowest BCUT2D eigenvalue weighted by atomic mass is 9.56. The fourth-order valence-corrected chi connectivity index (χ4v) is 9.06. The summed E-state index contributed by atoms with van der Waals surface area (Å²) in [5.41, 5.74) is 1.74. The number of allylic oxidation sites excluding steroid dienone is 2. The number of carbonyl (C=O) groups is 4. The smallest absolute Gasteiger partial charge is 0.258 e. The van der Waals surface area contributed by atoms with Crippen LogP contribution in [0.2, 0.25) is 0 Å². The molecular formula is C36H25Cl2FN2O5. The molecule has 4 aromatic rings. The van der Waals surface area contributed by atoms with E-state index in [0.717, 1.165) is 17.0 Å². The summed E-state index contributed by atoms with van der Waals surface area (Å²) >= 11 is 14.9. The first-order chi connectivity index (χ1) is 22.1. The summed E-state index contributed by atoms with van der Waals surface area (Å²) in [6.45, 7) is 0. The molecule has 0 radical (unpaired) electrons. The number of hydrogen-bond donors (Lipinski definition) is 1. The first-order valence-electron chi connectivity index (χ1n) is 14.9. The first-order valence-corrected chi connectivity index (χ1v) is 15.7. The van der Waals surface area contributed by atoms with Gasteiger partial charge in [0.05, 0.1) is 23.2 Å². The number of phenolic OH excluding ortho intramolecular Hbond substituents is 1. The van der Waals surface area contributed by atoms with Gasteiger partial charge in [0, 0.05) is 11.3 Å². The van der Waals surface area contributed by atoms with Crippen LogP contribution in [-0.4, -0.2) is 38.5 Å². The highest BCUT2D eigenvalue weighted by molar-refractivity contribution is 6.58. The molecule has 3 fully saturated rings. The van der Waals surface area contributed by atoms with E-state index in [1.807, 2.05) is 6.08 Å². The molecule has 2 heterocycles. The lowest BCUT2D eigenvalue weighted by Crippen LogP contribution is -2.60. The number of nitrogens with zero attached hydrogens (tertiary/aromatic N) is 2. The Morgan fingerprint density at radius 3 is 2.09 bits per heavy atom. The number of anilines is 2. The van der Waals surface area contributed by atoms with Gasteiger partial charge in [-0.3, -0.25) is 24.1 Å². The number of fused-ring (bicyclic) bond motifs is 5. The van der Waals surface area contributed by atoms with Gasteiger partial charge in [-0.2, -0.15) is 0 Å². The third kappa shape index (κ3) is 3.65. The zero-order valence-electron chi connectivity index (χ0n) is 24.1. The van der Waals surface area contributed by atoms with Gasteiger partial charge in [-0.15, -0.1) is 23.2 Å². The molecule has 1 N–H and O–H groups in total. The molecule has 4 amide bonds. The Morgan fingerprint density at radius 1 is 0.717 bits per heavy atom. The standard InChI is InChI=1S/C36H25Cl2FN2O5/c37-35-18-27-25(14-15-26-29(27)32(44)40(31(26)43)20-6-2-1-3-7-20)30(24-16-17-28(42)23-9-5-4-8-22(23)24)36(35,38)34(46)41(33(35)45)21-12-10-19(39)11-13-21/h1-14,16-17,26-27,29-30,42H,15,18H2/t26-,27+,29-,30-,35+,36-/m0/s1. The van der Waals surface area contributed by atoms with Crippen molar-refractivity contribution in [3.63, 3.8) is 0 Å². The van der Waals surface area contributed by atoms with Crippen molar-refractivity contribution in [2.24, 2.45) is 17.8 Å². The number of aromatic hydroxyl groups is 1. The topological polar surface area (TPSA) is 95.0 Å². The van der Waals surface area contributed by atoms with Gasteiger partial charge in [-0.05, 0) is 72.2 Å². The van der Waals surface area contributed by atoms with E-state index in [-0.39, 0.29) is 30.2 Å². The van der Waals surface area contributed by atoms with E-state index >= 15 is 0 Å². The number of amides is 4. The highest BCUT2D eigenvalue weighted by Gasteiger charge is 2.76. The predicted molar refractivity (Wildman–Crippen MR) is 171 cm³/mol. The van der Waals surface area contributed by atoms with Crippen molar-refractivity contribution < 1.29 is 28.7 Å². The summed E-state index contributed by atoms with van der Waals surface area (Å²) in [6.07, 6.45) is 1.92. The zero-order valence-corrected chi connectivity index (χ0v) is 25.6. The van der Waals surface area contributed by atoms with Crippen LogP contribution in [-0.2, 0) is 19.2 Å². The largest absolute Gasteiger partial charge is 0.507 e. The summed E-state index contributed by atoms with van der Waals surface area (Å²) in [6, 6.07) is 23.8. The highest BCUT2D eigenvalue weighted by atomic mass is 35.5. The Balaban J connectivity index is 1.35. The lowest BCUT2D eigenvalue weighted by Gasteiger charge is -2.51. The second-order valence-electron chi connectivity index (χ2n) is 12.3. The minimum absolute atomic E-state index is 0.0157. The van der Waals surface area contributed by atoms with Crippen LogP contribution in [0.1, 0.15) is 24.3 Å². The van der Waals surface area contributed by atoms with Crippen molar-refractivity contribution in [1.29, 1.82) is 0 Å². The Kier molecular flexibility index (Phi) is 6.27. The minimum Gasteiger partial charge on any atom is -0.507 e. The van der Waals surface area contributed by atoms with Crippen LogP contribution < -0.4 is 9.80 Å². The molecule has 0 unspecified atom stereocenters. The van der Waals surface area contributed by atoms with E-state index in [0.29, 0.717) is 27.6 Å². The average molecular weight is 656 g/mol. The van der Waals surface area contributed by atoms with Gasteiger partial charge in [0.15, 0.2) is 9.75 Å². The van der Waals surface area contributed by atoms with Crippen LogP contribution in [0.3, 0.4) is 0 Å². The number of rotatable bonds is 3. The molecule has 2 aliphatic heterocycles. The van der Waals surface area contributed by atoms with E-state index in [1.54, 1.807) is 60.7 Å². The first kappa shape index (κ1) is 28.9. The molecule has 2 saturated heterocycles. The van der Waals surface area contributed by atoms with Gasteiger partial charge in [-0.1, -0.05) is 60.2 Å². The van der Waals surface area contributed by atoms with E-state index in [9.17, 15) is 28.7 Å². The summed E-state index contributed by atoms with van der Waals surface area (Å²) in [4.78, 5) is 55.0. The van der Waals surface area contributed by atoms with Crippen LogP contribution in [0.5, 0.6) is 5.75 Å². The molecule has 0 bridgehead atoms. The van der Waals surface area contributed by atoms with Gasteiger partial charge in [0.1, 0.15) is 11.6 Å². The van der Waals surface area contributed by atoms with Crippen molar-refractivity contribution >= 4 is 69.0 Å². The summed E-state index contributed by atoms with van der Waals surface area (Å²) < 4.78 is 13.9. The van der Waals surface area contributed by atoms with E-state index < -0.39 is 57.0 Å². The summed E-state index contributed by atoms with van der Waals surface area (Å²) in [5.74, 6) is -6.11. The lowest BCUT2D eigenvalue weighted by molar-refractivity contribution is -0.125. The molecule has 10 heteroatoms. The van der Waals surface area contributed by atoms with E-state index in [4.69, 9.17) is 23.2 Å². The molecule has 0 aromatic heterocycles. The Hall–Kier alpha value is -4.53. The maximum absolute atomic E-state index is 14.6. The maximum atomic E-state index is 14.6. The molecule has 7 nitrogen and oxygen atoms in total. The van der Waals surface area contributed by atoms with Crippen molar-refractivity contribution in [1.82, 2.24) is 0 Å². The van der Waals surface area contributed by atoms with Crippen LogP contribution in [0.25, 0.3) is 10.8 Å². The Bertz CT molecular complexity index is 2040. The number of benzene rings is 4. The Morgan fingerprint density at radius 2 is 1.37 bits per heavy atom. The van der Waals surface area contributed by atoms with E-state index in [1.165, 1.54) is 23.1 Å². The number of hydrogen-bond acceptors (Lipinski definition) is 5. The quantitative estimate of drug-likeness (QED) is 0.156. The molecule has 230 valence electrons. The molecule has 8 rings (SSSR count). The molecule has 0 spiro atoms. The van der Waals surface area contributed by atoms with Crippen molar-refractivity contribution in [2.75, 3.05) is 9.80 Å². The predicted octanol–water partition coefficient (Wildman–Crippen LogP) is 6.45. The van der Waals surface area contributed by atoms with Gasteiger partial charge in [-0.25, -0.2) is 9.29 Å². The fraction of sp³-hybridized carbons (Fsp3) is 0.222. The second-order valence-corrected chi connectivity index (χ2v) is 13.6. The van der Waals surface area contributed by atoms with Crippen LogP contribution in [0.15, 0.2) is 103 Å². The average Bonchev–Trinajstić information content (AvgIpc) is 3.40. The Labute approximate surface area is 272 Å². The zero-order chi connectivity index (χ0) is 32.1.